The summed E-state index contributed by atoms with van der Waals surface area (Å²) in [6, 6.07) is 15.1. The van der Waals surface area contributed by atoms with Crippen LogP contribution < -0.4 is 4.90 Å². The number of carbonyl (C=O) groups is 2. The molecule has 35 heavy (non-hydrogen) atoms. The van der Waals surface area contributed by atoms with Crippen LogP contribution in [-0.4, -0.2) is 66.1 Å². The van der Waals surface area contributed by atoms with Gasteiger partial charge < -0.3 is 14.7 Å². The third-order valence-electron chi connectivity index (χ3n) is 7.54. The highest BCUT2D eigenvalue weighted by molar-refractivity contribution is 8.04. The van der Waals surface area contributed by atoms with Gasteiger partial charge in [-0.05, 0) is 50.0 Å². The molecule has 2 heterocycles. The van der Waals surface area contributed by atoms with Crippen LogP contribution in [0, 0.1) is 18.7 Å². The molecule has 2 aromatic carbocycles. The number of piperazine rings is 1. The molecule has 2 aliphatic heterocycles. The lowest BCUT2D eigenvalue weighted by Gasteiger charge is -2.45. The molecule has 0 N–H and O–H groups in total. The summed E-state index contributed by atoms with van der Waals surface area (Å²) < 4.78 is 14.2. The number of fused-ring (bicyclic) bond motifs is 1. The predicted octanol–water partition coefficient (Wildman–Crippen LogP) is 4.57. The molecular weight excluding hydrogens is 461 g/mol. The van der Waals surface area contributed by atoms with E-state index in [0.717, 1.165) is 23.3 Å². The molecular formula is C28H32FN3O2S. The maximum absolute atomic E-state index is 14.2. The van der Waals surface area contributed by atoms with E-state index in [9.17, 15) is 14.0 Å². The second-order valence-corrected chi connectivity index (χ2v) is 11.1. The molecule has 1 aliphatic carbocycles. The Morgan fingerprint density at radius 3 is 2.57 bits per heavy atom. The SMILES string of the molecule is Cc1cccc(/C=C2\SC3CCC(C(=O)N4CCN(c5ccccc5F)CC4)CC3N(C)C2=O)c1. The lowest BCUT2D eigenvalue weighted by Crippen LogP contribution is -2.55. The Bertz CT molecular complexity index is 1140. The summed E-state index contributed by atoms with van der Waals surface area (Å²) in [5, 5.41) is 0.315. The van der Waals surface area contributed by atoms with Crippen molar-refractivity contribution in [3.63, 3.8) is 0 Å². The molecule has 0 aromatic heterocycles. The van der Waals surface area contributed by atoms with Gasteiger partial charge in [-0.1, -0.05) is 42.0 Å². The number of thioether (sulfide) groups is 1. The van der Waals surface area contributed by atoms with Crippen LogP contribution in [-0.2, 0) is 9.59 Å². The monoisotopic (exact) mass is 493 g/mol. The summed E-state index contributed by atoms with van der Waals surface area (Å²) in [4.78, 5) is 33.1. The largest absolute Gasteiger partial charge is 0.366 e. The van der Waals surface area contributed by atoms with Gasteiger partial charge in [0.25, 0.3) is 5.91 Å². The standard InChI is InChI=1S/C28H32FN3O2S/c1-19-6-5-7-20(16-19)17-26-28(34)30(2)24-18-21(10-11-25(24)35-26)27(33)32-14-12-31(13-15-32)23-9-4-3-8-22(23)29/h3-9,16-17,21,24-25H,10-15,18H2,1-2H3/b26-17-. The second kappa shape index (κ2) is 10.1. The van der Waals surface area contributed by atoms with Gasteiger partial charge in [0.05, 0.1) is 10.6 Å². The van der Waals surface area contributed by atoms with Crippen molar-refractivity contribution >= 4 is 35.3 Å². The quantitative estimate of drug-likeness (QED) is 0.588. The highest BCUT2D eigenvalue weighted by atomic mass is 32.2. The summed E-state index contributed by atoms with van der Waals surface area (Å²) in [7, 11) is 1.88. The lowest BCUT2D eigenvalue weighted by molar-refractivity contribution is -0.139. The van der Waals surface area contributed by atoms with Gasteiger partial charge in [0.1, 0.15) is 5.82 Å². The zero-order valence-electron chi connectivity index (χ0n) is 20.3. The Hall–Kier alpha value is -2.80. The fraction of sp³-hybridized carbons (Fsp3) is 0.429. The fourth-order valence-corrected chi connectivity index (χ4v) is 7.05. The minimum Gasteiger partial charge on any atom is -0.366 e. The van der Waals surface area contributed by atoms with E-state index in [1.807, 2.05) is 46.0 Å². The molecule has 5 rings (SSSR count). The first kappa shape index (κ1) is 23.9. The highest BCUT2D eigenvalue weighted by Gasteiger charge is 2.43. The first-order valence-electron chi connectivity index (χ1n) is 12.4. The lowest BCUT2D eigenvalue weighted by atomic mass is 9.83. The molecule has 2 aromatic rings. The van der Waals surface area contributed by atoms with Crippen molar-refractivity contribution in [3.05, 3.63) is 70.4 Å². The number of hydrogen-bond donors (Lipinski definition) is 0. The van der Waals surface area contributed by atoms with E-state index >= 15 is 0 Å². The number of anilines is 1. The Labute approximate surface area is 211 Å². The molecule has 2 saturated heterocycles. The van der Waals surface area contributed by atoms with E-state index in [4.69, 9.17) is 0 Å². The van der Waals surface area contributed by atoms with Crippen LogP contribution in [0.15, 0.2) is 53.4 Å². The van der Waals surface area contributed by atoms with Crippen molar-refractivity contribution in [1.82, 2.24) is 9.80 Å². The molecule has 3 unspecified atom stereocenters. The summed E-state index contributed by atoms with van der Waals surface area (Å²) in [5.41, 5.74) is 2.83. The highest BCUT2D eigenvalue weighted by Crippen LogP contribution is 2.43. The topological polar surface area (TPSA) is 43.9 Å². The van der Waals surface area contributed by atoms with Crippen LogP contribution in [0.2, 0.25) is 0 Å². The van der Waals surface area contributed by atoms with Crippen LogP contribution in [0.4, 0.5) is 10.1 Å². The number of amides is 2. The third kappa shape index (κ3) is 4.96. The summed E-state index contributed by atoms with van der Waals surface area (Å²) in [6.45, 7) is 4.52. The van der Waals surface area contributed by atoms with Gasteiger partial charge in [0, 0.05) is 50.4 Å². The molecule has 1 saturated carbocycles. The number of likely N-dealkylation sites (N-methyl/N-ethyl adjacent to an activating group) is 1. The normalized spacial score (nSPS) is 26.1. The number of carbonyl (C=O) groups excluding carboxylic acids is 2. The minimum absolute atomic E-state index is 0.0457. The number of benzene rings is 2. The third-order valence-corrected chi connectivity index (χ3v) is 8.93. The van der Waals surface area contributed by atoms with Crippen molar-refractivity contribution in [2.24, 2.45) is 5.92 Å². The van der Waals surface area contributed by atoms with Gasteiger partial charge in [0.2, 0.25) is 5.91 Å². The smallest absolute Gasteiger partial charge is 0.260 e. The van der Waals surface area contributed by atoms with E-state index in [1.165, 1.54) is 11.6 Å². The molecule has 3 atom stereocenters. The molecule has 3 fully saturated rings. The molecule has 5 nitrogen and oxygen atoms in total. The zero-order valence-corrected chi connectivity index (χ0v) is 21.1. The first-order valence-corrected chi connectivity index (χ1v) is 13.3. The van der Waals surface area contributed by atoms with Crippen LogP contribution in [0.1, 0.15) is 30.4 Å². The van der Waals surface area contributed by atoms with E-state index in [0.29, 0.717) is 43.5 Å². The number of aryl methyl sites for hydroxylation is 1. The van der Waals surface area contributed by atoms with Crippen molar-refractivity contribution in [2.45, 2.75) is 37.5 Å². The van der Waals surface area contributed by atoms with Crippen LogP contribution in [0.3, 0.4) is 0 Å². The Morgan fingerprint density at radius 2 is 1.83 bits per heavy atom. The minimum atomic E-state index is -0.219. The Kier molecular flexibility index (Phi) is 6.87. The van der Waals surface area contributed by atoms with Crippen LogP contribution in [0.5, 0.6) is 0 Å². The van der Waals surface area contributed by atoms with Gasteiger partial charge in [-0.25, -0.2) is 4.39 Å². The second-order valence-electron chi connectivity index (χ2n) is 9.84. The van der Waals surface area contributed by atoms with Gasteiger partial charge >= 0.3 is 0 Å². The van der Waals surface area contributed by atoms with E-state index in [-0.39, 0.29) is 29.6 Å². The number of para-hydroxylation sites is 1. The average molecular weight is 494 g/mol. The van der Waals surface area contributed by atoms with Crippen molar-refractivity contribution in [2.75, 3.05) is 38.1 Å². The molecule has 7 heteroatoms. The van der Waals surface area contributed by atoms with Crippen molar-refractivity contribution in [1.29, 1.82) is 0 Å². The van der Waals surface area contributed by atoms with Gasteiger partial charge in [-0.15, -0.1) is 11.8 Å². The Balaban J connectivity index is 1.21. The Morgan fingerprint density at radius 1 is 1.06 bits per heavy atom. The van der Waals surface area contributed by atoms with E-state index in [1.54, 1.807) is 23.9 Å². The van der Waals surface area contributed by atoms with Gasteiger partial charge in [-0.3, -0.25) is 9.59 Å². The fourth-order valence-electron chi connectivity index (χ4n) is 5.57. The molecule has 184 valence electrons. The van der Waals surface area contributed by atoms with Gasteiger partial charge in [0.15, 0.2) is 0 Å². The molecule has 0 radical (unpaired) electrons. The van der Waals surface area contributed by atoms with Crippen molar-refractivity contribution in [3.8, 4) is 0 Å². The number of halogens is 1. The molecule has 2 amide bonds. The maximum atomic E-state index is 14.2. The zero-order chi connectivity index (χ0) is 24.5. The summed E-state index contributed by atoms with van der Waals surface area (Å²) in [5.74, 6) is -0.0497. The maximum Gasteiger partial charge on any atom is 0.260 e. The number of nitrogens with zero attached hydrogens (tertiary/aromatic N) is 3. The molecule has 0 bridgehead atoms. The average Bonchev–Trinajstić information content (AvgIpc) is 2.87. The van der Waals surface area contributed by atoms with Crippen LogP contribution >= 0.6 is 11.8 Å². The number of rotatable bonds is 3. The summed E-state index contributed by atoms with van der Waals surface area (Å²) in [6.07, 6.45) is 4.48. The van der Waals surface area contributed by atoms with E-state index < -0.39 is 0 Å². The van der Waals surface area contributed by atoms with Gasteiger partial charge in [-0.2, -0.15) is 0 Å². The predicted molar refractivity (Wildman–Crippen MR) is 140 cm³/mol. The molecule has 0 spiro atoms. The number of hydrogen-bond acceptors (Lipinski definition) is 4. The van der Waals surface area contributed by atoms with Crippen LogP contribution in [0.25, 0.3) is 6.08 Å². The molecule has 3 aliphatic rings. The first-order chi connectivity index (χ1) is 16.9. The van der Waals surface area contributed by atoms with Crippen molar-refractivity contribution < 1.29 is 14.0 Å². The van der Waals surface area contributed by atoms with E-state index in [2.05, 4.69) is 19.1 Å². The summed E-state index contributed by atoms with van der Waals surface area (Å²) >= 11 is 1.68.